The first-order valence-corrected chi connectivity index (χ1v) is 7.93. The molecule has 5 heteroatoms. The van der Waals surface area contributed by atoms with E-state index in [1.807, 2.05) is 24.3 Å². The largest absolute Gasteiger partial charge is 0.449 e. The van der Waals surface area contributed by atoms with Crippen LogP contribution in [-0.4, -0.2) is 24.2 Å². The molecule has 2 aromatic rings. The van der Waals surface area contributed by atoms with Gasteiger partial charge in [0.05, 0.1) is 12.3 Å². The first kappa shape index (κ1) is 16.1. The lowest BCUT2D eigenvalue weighted by Crippen LogP contribution is -2.39. The van der Waals surface area contributed by atoms with Crippen molar-refractivity contribution >= 4 is 23.4 Å². The molecule has 1 aliphatic heterocycles. The molecule has 2 aromatic carbocycles. The van der Waals surface area contributed by atoms with Gasteiger partial charge in [0.2, 0.25) is 0 Å². The second-order valence-electron chi connectivity index (χ2n) is 5.61. The van der Waals surface area contributed by atoms with E-state index in [1.165, 1.54) is 10.5 Å². The Balaban J connectivity index is 1.98. The summed E-state index contributed by atoms with van der Waals surface area (Å²) in [6, 6.07) is 13.1. The number of amides is 1. The van der Waals surface area contributed by atoms with E-state index in [-0.39, 0.29) is 24.8 Å². The number of carbonyl (C=O) groups excluding carboxylic acids is 1. The second-order valence-corrected chi connectivity index (χ2v) is 5.61. The molecule has 0 aliphatic carbocycles. The lowest BCUT2D eigenvalue weighted by atomic mass is 10.1. The molecule has 5 nitrogen and oxygen atoms in total. The Bertz CT molecular complexity index is 782. The van der Waals surface area contributed by atoms with Crippen LogP contribution in [-0.2, 0) is 11.2 Å². The summed E-state index contributed by atoms with van der Waals surface area (Å²) in [5, 5.41) is 9.28. The summed E-state index contributed by atoms with van der Waals surface area (Å²) in [5.41, 5.74) is 9.03. The van der Waals surface area contributed by atoms with Crippen LogP contribution in [0, 0.1) is 0 Å². The van der Waals surface area contributed by atoms with Crippen molar-refractivity contribution in [2.24, 2.45) is 0 Å². The van der Waals surface area contributed by atoms with Gasteiger partial charge in [0, 0.05) is 12.2 Å². The summed E-state index contributed by atoms with van der Waals surface area (Å²) < 4.78 is 5.77. The van der Waals surface area contributed by atoms with E-state index >= 15 is 0 Å². The van der Waals surface area contributed by atoms with Crippen molar-refractivity contribution in [3.05, 3.63) is 59.4 Å². The van der Waals surface area contributed by atoms with E-state index < -0.39 is 0 Å². The van der Waals surface area contributed by atoms with E-state index in [4.69, 9.17) is 10.5 Å². The highest BCUT2D eigenvalue weighted by molar-refractivity contribution is 6.10. The predicted octanol–water partition coefficient (Wildman–Crippen LogP) is 2.59. The fraction of sp³-hybridized carbons (Fsp3) is 0.211. The van der Waals surface area contributed by atoms with Crippen molar-refractivity contribution in [3.8, 4) is 5.75 Å². The molecule has 0 radical (unpaired) electrons. The monoisotopic (exact) mass is 324 g/mol. The average Bonchev–Trinajstić information content (AvgIpc) is 2.60. The Morgan fingerprint density at radius 3 is 2.62 bits per heavy atom. The van der Waals surface area contributed by atoms with E-state index in [0.29, 0.717) is 17.1 Å². The predicted molar refractivity (Wildman–Crippen MR) is 94.7 cm³/mol. The number of hydrogen-bond donors (Lipinski definition) is 2. The Hall–Kier alpha value is -2.79. The van der Waals surface area contributed by atoms with Gasteiger partial charge < -0.3 is 15.6 Å². The zero-order valence-electron chi connectivity index (χ0n) is 13.5. The molecule has 1 heterocycles. The van der Waals surface area contributed by atoms with Crippen LogP contribution >= 0.6 is 0 Å². The molecule has 0 unspecified atom stereocenters. The number of aryl methyl sites for hydroxylation is 1. The van der Waals surface area contributed by atoms with Crippen LogP contribution in [0.25, 0.3) is 6.08 Å². The second kappa shape index (κ2) is 6.76. The van der Waals surface area contributed by atoms with Crippen molar-refractivity contribution in [3.63, 3.8) is 0 Å². The summed E-state index contributed by atoms with van der Waals surface area (Å²) in [6.45, 7) is 2.14. The fourth-order valence-electron chi connectivity index (χ4n) is 2.65. The van der Waals surface area contributed by atoms with Crippen molar-refractivity contribution in [2.45, 2.75) is 13.3 Å². The number of carbonyl (C=O) groups is 1. The number of hydrogen-bond acceptors (Lipinski definition) is 4. The molecule has 0 atom stereocenters. The van der Waals surface area contributed by atoms with Gasteiger partial charge in [-0.3, -0.25) is 9.69 Å². The minimum absolute atomic E-state index is 0.140. The summed E-state index contributed by atoms with van der Waals surface area (Å²) in [5.74, 6) is 0.486. The van der Waals surface area contributed by atoms with Gasteiger partial charge in [0.15, 0.2) is 11.5 Å². The van der Waals surface area contributed by atoms with Gasteiger partial charge in [-0.15, -0.1) is 0 Å². The molecule has 0 saturated carbocycles. The minimum atomic E-state index is -0.290. The summed E-state index contributed by atoms with van der Waals surface area (Å²) in [4.78, 5) is 14.2. The molecule has 124 valence electrons. The lowest BCUT2D eigenvalue weighted by molar-refractivity contribution is -0.117. The highest BCUT2D eigenvalue weighted by Crippen LogP contribution is 2.37. The average molecular weight is 324 g/mol. The normalized spacial score (nSPS) is 15.3. The third-order valence-electron chi connectivity index (χ3n) is 3.96. The Kier molecular flexibility index (Phi) is 4.53. The number of nitrogens with two attached hydrogens (primary N) is 1. The maximum Gasteiger partial charge on any atom is 0.294 e. The quantitative estimate of drug-likeness (QED) is 0.669. The topological polar surface area (TPSA) is 75.8 Å². The van der Waals surface area contributed by atoms with Crippen LogP contribution in [0.15, 0.2) is 48.2 Å². The number of fused-ring (bicyclic) bond motifs is 1. The molecule has 0 aromatic heterocycles. The van der Waals surface area contributed by atoms with Gasteiger partial charge in [0.1, 0.15) is 0 Å². The molecule has 24 heavy (non-hydrogen) atoms. The summed E-state index contributed by atoms with van der Waals surface area (Å²) >= 11 is 0. The lowest BCUT2D eigenvalue weighted by Gasteiger charge is -2.30. The smallest absolute Gasteiger partial charge is 0.294 e. The Morgan fingerprint density at radius 2 is 1.96 bits per heavy atom. The van der Waals surface area contributed by atoms with Gasteiger partial charge in [0.25, 0.3) is 5.91 Å². The molecule has 1 aliphatic rings. The molecule has 0 bridgehead atoms. The molecule has 3 rings (SSSR count). The maximum absolute atomic E-state index is 12.7. The van der Waals surface area contributed by atoms with Crippen LogP contribution in [0.4, 0.5) is 11.4 Å². The van der Waals surface area contributed by atoms with E-state index in [1.54, 1.807) is 24.3 Å². The Morgan fingerprint density at radius 1 is 1.21 bits per heavy atom. The van der Waals surface area contributed by atoms with Crippen molar-refractivity contribution in [1.82, 2.24) is 0 Å². The van der Waals surface area contributed by atoms with E-state index in [2.05, 4.69) is 6.92 Å². The minimum Gasteiger partial charge on any atom is -0.449 e. The van der Waals surface area contributed by atoms with Gasteiger partial charge in [-0.1, -0.05) is 31.2 Å². The molecule has 0 fully saturated rings. The third-order valence-corrected chi connectivity index (χ3v) is 3.96. The molecule has 0 saturated heterocycles. The van der Waals surface area contributed by atoms with Gasteiger partial charge in [-0.25, -0.2) is 0 Å². The molecule has 3 N–H and O–H groups in total. The number of β-amino-alcohol motifs (C(OH)–C–C–N with tert-alkyl or cyclic N) is 1. The van der Waals surface area contributed by atoms with Crippen LogP contribution in [0.1, 0.15) is 18.1 Å². The molecular formula is C19H20N2O3. The fourth-order valence-corrected chi connectivity index (χ4v) is 2.65. The highest BCUT2D eigenvalue weighted by Gasteiger charge is 2.30. The van der Waals surface area contributed by atoms with Crippen molar-refractivity contribution in [2.75, 3.05) is 23.8 Å². The number of nitrogens with zero attached hydrogens (tertiary/aromatic N) is 1. The molecule has 1 amide bonds. The maximum atomic E-state index is 12.7. The summed E-state index contributed by atoms with van der Waals surface area (Å²) in [7, 11) is 0. The number of nitrogen functional groups attached to an aromatic ring is 1. The number of ether oxygens (including phenoxy) is 1. The zero-order valence-corrected chi connectivity index (χ0v) is 13.5. The summed E-state index contributed by atoms with van der Waals surface area (Å²) in [6.07, 6.45) is 2.68. The molecular weight excluding hydrogens is 304 g/mol. The van der Waals surface area contributed by atoms with E-state index in [0.717, 1.165) is 12.0 Å². The Labute approximate surface area is 141 Å². The number of rotatable bonds is 4. The highest BCUT2D eigenvalue weighted by atomic mass is 16.5. The van der Waals surface area contributed by atoms with Crippen LogP contribution < -0.4 is 15.4 Å². The van der Waals surface area contributed by atoms with Crippen molar-refractivity contribution < 1.29 is 14.6 Å². The number of benzene rings is 2. The van der Waals surface area contributed by atoms with Crippen LogP contribution in [0.3, 0.4) is 0 Å². The first-order chi connectivity index (χ1) is 11.6. The van der Waals surface area contributed by atoms with Gasteiger partial charge in [-0.2, -0.15) is 0 Å². The zero-order chi connectivity index (χ0) is 17.1. The van der Waals surface area contributed by atoms with Gasteiger partial charge in [-0.05, 0) is 41.8 Å². The van der Waals surface area contributed by atoms with Crippen LogP contribution in [0.2, 0.25) is 0 Å². The van der Waals surface area contributed by atoms with E-state index in [9.17, 15) is 9.90 Å². The standard InChI is InChI=1S/C19H20N2O3/c1-2-13-3-5-14(6-4-13)11-18-19(23)21(9-10-22)16-12-15(20)7-8-17(16)24-18/h3-8,11-12,22H,2,9-10,20H2,1H3/b18-11+. The van der Waals surface area contributed by atoms with Crippen LogP contribution in [0.5, 0.6) is 5.75 Å². The number of aliphatic hydroxyl groups excluding tert-OH is 1. The van der Waals surface area contributed by atoms with Gasteiger partial charge >= 0.3 is 0 Å². The molecule has 0 spiro atoms. The first-order valence-electron chi connectivity index (χ1n) is 7.93. The number of anilines is 2. The number of aliphatic hydroxyl groups is 1. The van der Waals surface area contributed by atoms with Crippen molar-refractivity contribution in [1.29, 1.82) is 0 Å². The SMILES string of the molecule is CCc1ccc(/C=C2/Oc3ccc(N)cc3N(CCO)C2=O)cc1. The third kappa shape index (κ3) is 3.12.